The van der Waals surface area contributed by atoms with E-state index in [1.54, 1.807) is 42.6 Å². The first-order valence-electron chi connectivity index (χ1n) is 8.05. The van der Waals surface area contributed by atoms with Crippen LogP contribution in [0.1, 0.15) is 39.8 Å². The highest BCUT2D eigenvalue weighted by Gasteiger charge is 2.31. The van der Waals surface area contributed by atoms with E-state index >= 15 is 0 Å². The summed E-state index contributed by atoms with van der Waals surface area (Å²) < 4.78 is 7.56. The van der Waals surface area contributed by atoms with Crippen molar-refractivity contribution < 1.29 is 24.0 Å². The second-order valence-electron chi connectivity index (χ2n) is 5.91. The molecule has 1 aliphatic rings. The van der Waals surface area contributed by atoms with Gasteiger partial charge < -0.3 is 20.9 Å². The molecule has 0 aliphatic carbocycles. The number of hydrogen-bond acceptors (Lipinski definition) is 4. The Hall–Kier alpha value is -2.77. The number of primary amides is 1. The molecule has 130 valence electrons. The predicted molar refractivity (Wildman–Crippen MR) is 89.8 cm³/mol. The quantitative estimate of drug-likeness (QED) is 0.705. The Bertz CT molecular complexity index is 776. The van der Waals surface area contributed by atoms with Crippen LogP contribution >= 0.6 is 0 Å². The van der Waals surface area contributed by atoms with Gasteiger partial charge in [0.25, 0.3) is 12.1 Å². The number of anilines is 1. The molecule has 25 heavy (non-hydrogen) atoms. The third-order valence-corrected chi connectivity index (χ3v) is 4.13. The monoisotopic (exact) mass is 342 g/mol. The standard InChI is InChI=1S/C18H19N3O4/c19-17(23)12-3-5-14(6-4-12)20-18(24)13-2-1-9-21(10-13)16-8-7-15(11-22)25-16/h1-6,9-10,15-16,22H,7-8,11H2,(H2-,19,20,23,24)/p+1. The maximum atomic E-state index is 12.4. The number of carbonyl (C=O) groups excluding carboxylic acids is 2. The fourth-order valence-electron chi connectivity index (χ4n) is 2.77. The zero-order valence-electron chi connectivity index (χ0n) is 13.6. The maximum Gasteiger partial charge on any atom is 0.262 e. The molecule has 7 nitrogen and oxygen atoms in total. The minimum absolute atomic E-state index is 0.00145. The van der Waals surface area contributed by atoms with Crippen LogP contribution in [0.15, 0.2) is 48.8 Å². The number of aliphatic hydroxyl groups excluding tert-OH is 1. The number of rotatable bonds is 5. The topological polar surface area (TPSA) is 106 Å². The van der Waals surface area contributed by atoms with E-state index in [9.17, 15) is 9.59 Å². The van der Waals surface area contributed by atoms with Gasteiger partial charge >= 0.3 is 0 Å². The van der Waals surface area contributed by atoms with E-state index < -0.39 is 5.91 Å². The summed E-state index contributed by atoms with van der Waals surface area (Å²) in [6.45, 7) is -0.00145. The summed E-state index contributed by atoms with van der Waals surface area (Å²) in [5.41, 5.74) is 6.63. The van der Waals surface area contributed by atoms with Gasteiger partial charge in [-0.1, -0.05) is 0 Å². The normalized spacial score (nSPS) is 19.6. The number of aliphatic hydroxyl groups is 1. The van der Waals surface area contributed by atoms with Crippen LogP contribution in [0.2, 0.25) is 0 Å². The van der Waals surface area contributed by atoms with Crippen LogP contribution in [-0.4, -0.2) is 29.6 Å². The smallest absolute Gasteiger partial charge is 0.262 e. The van der Waals surface area contributed by atoms with Crippen molar-refractivity contribution >= 4 is 17.5 Å². The zero-order valence-corrected chi connectivity index (χ0v) is 13.6. The third-order valence-electron chi connectivity index (χ3n) is 4.13. The number of pyridine rings is 1. The van der Waals surface area contributed by atoms with Crippen molar-refractivity contribution in [2.75, 3.05) is 11.9 Å². The van der Waals surface area contributed by atoms with Crippen molar-refractivity contribution in [3.8, 4) is 0 Å². The van der Waals surface area contributed by atoms with Crippen LogP contribution < -0.4 is 15.6 Å². The zero-order chi connectivity index (χ0) is 17.8. The summed E-state index contributed by atoms with van der Waals surface area (Å²) in [7, 11) is 0. The molecular weight excluding hydrogens is 322 g/mol. The average molecular weight is 342 g/mol. The molecule has 2 aromatic rings. The molecule has 4 N–H and O–H groups in total. The molecule has 1 saturated heterocycles. The number of carbonyl (C=O) groups is 2. The maximum absolute atomic E-state index is 12.4. The molecule has 3 rings (SSSR count). The lowest BCUT2D eigenvalue weighted by molar-refractivity contribution is -0.759. The Morgan fingerprint density at radius 3 is 2.60 bits per heavy atom. The highest BCUT2D eigenvalue weighted by atomic mass is 16.5. The van der Waals surface area contributed by atoms with Crippen molar-refractivity contribution in [1.29, 1.82) is 0 Å². The number of ether oxygens (including phenoxy) is 1. The molecule has 1 aliphatic heterocycles. The Morgan fingerprint density at radius 1 is 1.20 bits per heavy atom. The van der Waals surface area contributed by atoms with Crippen molar-refractivity contribution in [2.45, 2.75) is 25.2 Å². The van der Waals surface area contributed by atoms with Crippen LogP contribution in [0.25, 0.3) is 0 Å². The lowest BCUT2D eigenvalue weighted by Gasteiger charge is -2.09. The van der Waals surface area contributed by atoms with E-state index in [4.69, 9.17) is 15.6 Å². The molecule has 0 bridgehead atoms. The average Bonchev–Trinajstić information content (AvgIpc) is 3.11. The molecule has 1 aromatic heterocycles. The van der Waals surface area contributed by atoms with E-state index in [2.05, 4.69) is 5.32 Å². The van der Waals surface area contributed by atoms with E-state index in [0.717, 1.165) is 12.8 Å². The van der Waals surface area contributed by atoms with E-state index in [1.807, 2.05) is 10.8 Å². The molecule has 2 amide bonds. The summed E-state index contributed by atoms with van der Waals surface area (Å²) >= 11 is 0. The van der Waals surface area contributed by atoms with E-state index in [-0.39, 0.29) is 24.8 Å². The number of nitrogens with zero attached hydrogens (tertiary/aromatic N) is 1. The first-order chi connectivity index (χ1) is 12.1. The molecule has 2 atom stereocenters. The SMILES string of the molecule is NC(=O)c1ccc(NC(=O)c2ccc[n+](C3CCC(CO)O3)c2)cc1. The van der Waals surface area contributed by atoms with E-state index in [0.29, 0.717) is 16.8 Å². The van der Waals surface area contributed by atoms with Gasteiger partial charge in [0.1, 0.15) is 5.56 Å². The van der Waals surface area contributed by atoms with Crippen LogP contribution in [0.5, 0.6) is 0 Å². The van der Waals surface area contributed by atoms with Gasteiger partial charge in [-0.2, -0.15) is 4.57 Å². The molecule has 0 saturated carbocycles. The minimum Gasteiger partial charge on any atom is -0.394 e. The second kappa shape index (κ2) is 7.42. The molecule has 1 aromatic carbocycles. The van der Waals surface area contributed by atoms with Gasteiger partial charge in [0, 0.05) is 23.7 Å². The second-order valence-corrected chi connectivity index (χ2v) is 5.91. The van der Waals surface area contributed by atoms with Gasteiger partial charge in [0.15, 0.2) is 12.4 Å². The molecule has 0 spiro atoms. The predicted octanol–water partition coefficient (Wildman–Crippen LogP) is 0.995. The Kier molecular flexibility index (Phi) is 5.06. The van der Waals surface area contributed by atoms with Crippen molar-refractivity contribution in [3.05, 3.63) is 59.9 Å². The molecule has 0 radical (unpaired) electrons. The molecule has 2 unspecified atom stereocenters. The van der Waals surface area contributed by atoms with Gasteiger partial charge in [-0.25, -0.2) is 0 Å². The first-order valence-corrected chi connectivity index (χ1v) is 8.05. The van der Waals surface area contributed by atoms with Crippen molar-refractivity contribution in [1.82, 2.24) is 0 Å². The van der Waals surface area contributed by atoms with Gasteiger partial charge in [0.05, 0.1) is 12.7 Å². The van der Waals surface area contributed by atoms with Gasteiger partial charge in [0.2, 0.25) is 5.91 Å². The number of nitrogens with one attached hydrogen (secondary N) is 1. The van der Waals surface area contributed by atoms with Gasteiger partial charge in [-0.3, -0.25) is 9.59 Å². The van der Waals surface area contributed by atoms with Crippen molar-refractivity contribution in [3.63, 3.8) is 0 Å². The fraction of sp³-hybridized carbons (Fsp3) is 0.278. The number of amides is 2. The number of aromatic nitrogens is 1. The highest BCUT2D eigenvalue weighted by Crippen LogP contribution is 2.23. The van der Waals surface area contributed by atoms with Crippen molar-refractivity contribution in [2.24, 2.45) is 5.73 Å². The summed E-state index contributed by atoms with van der Waals surface area (Å²) in [6.07, 6.45) is 4.80. The molecule has 1 fully saturated rings. The number of hydrogen-bond donors (Lipinski definition) is 3. The van der Waals surface area contributed by atoms with Gasteiger partial charge in [-0.15, -0.1) is 0 Å². The molecular formula is C18H20N3O4+. The van der Waals surface area contributed by atoms with Crippen LogP contribution in [-0.2, 0) is 4.74 Å². The summed E-state index contributed by atoms with van der Waals surface area (Å²) in [5, 5.41) is 11.9. The van der Waals surface area contributed by atoms with Gasteiger partial charge in [-0.05, 0) is 36.8 Å². The van der Waals surface area contributed by atoms with Crippen LogP contribution in [0.3, 0.4) is 0 Å². The highest BCUT2D eigenvalue weighted by molar-refractivity contribution is 6.04. The number of nitrogens with two attached hydrogens (primary N) is 1. The Labute approximate surface area is 145 Å². The first kappa shape index (κ1) is 17.1. The summed E-state index contributed by atoms with van der Waals surface area (Å²) in [6, 6.07) is 9.86. The Morgan fingerprint density at radius 2 is 1.96 bits per heavy atom. The van der Waals surface area contributed by atoms with Crippen LogP contribution in [0, 0.1) is 0 Å². The molecule has 2 heterocycles. The molecule has 7 heteroatoms. The Balaban J connectivity index is 1.70. The fourth-order valence-corrected chi connectivity index (χ4v) is 2.77. The summed E-state index contributed by atoms with van der Waals surface area (Å²) in [4.78, 5) is 23.5. The lowest BCUT2D eigenvalue weighted by Crippen LogP contribution is -2.40. The largest absolute Gasteiger partial charge is 0.394 e. The number of benzene rings is 1. The van der Waals surface area contributed by atoms with Crippen LogP contribution in [0.4, 0.5) is 5.69 Å². The third kappa shape index (κ3) is 4.01. The minimum atomic E-state index is -0.514. The lowest BCUT2D eigenvalue weighted by atomic mass is 10.2. The summed E-state index contributed by atoms with van der Waals surface area (Å²) in [5.74, 6) is -0.780. The van der Waals surface area contributed by atoms with E-state index in [1.165, 1.54) is 0 Å².